The molecular weight excluding hydrogens is 370 g/mol. The number of aromatic nitrogens is 3. The van der Waals surface area contributed by atoms with Crippen LogP contribution in [0.5, 0.6) is 5.75 Å². The third kappa shape index (κ3) is 3.97. The highest BCUT2D eigenvalue weighted by Crippen LogP contribution is 2.27. The van der Waals surface area contributed by atoms with Gasteiger partial charge >= 0.3 is 0 Å². The first-order chi connectivity index (χ1) is 12.8. The summed E-state index contributed by atoms with van der Waals surface area (Å²) in [5.74, 6) is 2.66. The lowest BCUT2D eigenvalue weighted by molar-refractivity contribution is 0.413. The van der Waals surface area contributed by atoms with Gasteiger partial charge in [-0.1, -0.05) is 30.0 Å². The molecule has 3 aromatic heterocycles. The number of hydrogen-bond acceptors (Lipinski definition) is 8. The van der Waals surface area contributed by atoms with Crippen molar-refractivity contribution >= 4 is 23.1 Å². The lowest BCUT2D eigenvalue weighted by atomic mass is 10.1. The summed E-state index contributed by atoms with van der Waals surface area (Å²) in [6, 6.07) is 11.8. The van der Waals surface area contributed by atoms with Gasteiger partial charge in [0.2, 0.25) is 11.8 Å². The van der Waals surface area contributed by atoms with Crippen molar-refractivity contribution in [1.29, 1.82) is 0 Å². The Morgan fingerprint density at radius 1 is 1.15 bits per heavy atom. The van der Waals surface area contributed by atoms with Crippen LogP contribution in [-0.4, -0.2) is 22.3 Å². The SMILES string of the molecule is COc1ccc(Cc2nnc(SCc3coc(-c4cccs4)n3)o2)cc1. The molecule has 0 aliphatic rings. The predicted octanol–water partition coefficient (Wildman–Crippen LogP) is 4.68. The second-order valence-corrected chi connectivity index (χ2v) is 7.27. The van der Waals surface area contributed by atoms with Gasteiger partial charge < -0.3 is 13.6 Å². The van der Waals surface area contributed by atoms with Crippen LogP contribution in [0.1, 0.15) is 17.1 Å². The van der Waals surface area contributed by atoms with Crippen LogP contribution in [-0.2, 0) is 12.2 Å². The van der Waals surface area contributed by atoms with Gasteiger partial charge in [-0.05, 0) is 29.1 Å². The van der Waals surface area contributed by atoms with E-state index in [1.807, 2.05) is 41.8 Å². The van der Waals surface area contributed by atoms with Gasteiger partial charge in [0.15, 0.2) is 0 Å². The van der Waals surface area contributed by atoms with E-state index < -0.39 is 0 Å². The molecule has 8 heteroatoms. The zero-order chi connectivity index (χ0) is 17.8. The second kappa shape index (κ2) is 7.76. The van der Waals surface area contributed by atoms with Gasteiger partial charge in [0, 0.05) is 5.75 Å². The zero-order valence-electron chi connectivity index (χ0n) is 13.9. The Morgan fingerprint density at radius 2 is 2.04 bits per heavy atom. The number of thioether (sulfide) groups is 1. The van der Waals surface area contributed by atoms with E-state index in [4.69, 9.17) is 13.6 Å². The van der Waals surface area contributed by atoms with Gasteiger partial charge in [0.1, 0.15) is 12.0 Å². The fourth-order valence-electron chi connectivity index (χ4n) is 2.31. The molecule has 0 saturated carbocycles. The maximum absolute atomic E-state index is 5.70. The van der Waals surface area contributed by atoms with Crippen molar-refractivity contribution < 1.29 is 13.6 Å². The first-order valence-electron chi connectivity index (χ1n) is 7.86. The number of methoxy groups -OCH3 is 1. The van der Waals surface area contributed by atoms with Crippen molar-refractivity contribution in [1.82, 2.24) is 15.2 Å². The van der Waals surface area contributed by atoms with Crippen molar-refractivity contribution in [2.24, 2.45) is 0 Å². The highest BCUT2D eigenvalue weighted by Gasteiger charge is 2.11. The van der Waals surface area contributed by atoms with E-state index in [2.05, 4.69) is 15.2 Å². The molecule has 0 amide bonds. The van der Waals surface area contributed by atoms with Crippen LogP contribution in [0.3, 0.4) is 0 Å². The quantitative estimate of drug-likeness (QED) is 0.428. The molecule has 26 heavy (non-hydrogen) atoms. The van der Waals surface area contributed by atoms with Gasteiger partial charge in [-0.2, -0.15) is 0 Å². The highest BCUT2D eigenvalue weighted by atomic mass is 32.2. The summed E-state index contributed by atoms with van der Waals surface area (Å²) >= 11 is 3.04. The van der Waals surface area contributed by atoms with Crippen LogP contribution >= 0.6 is 23.1 Å². The molecular formula is C18H15N3O3S2. The van der Waals surface area contributed by atoms with E-state index >= 15 is 0 Å². The maximum atomic E-state index is 5.70. The molecule has 0 atom stereocenters. The maximum Gasteiger partial charge on any atom is 0.276 e. The van der Waals surface area contributed by atoms with E-state index in [9.17, 15) is 0 Å². The summed E-state index contributed by atoms with van der Waals surface area (Å²) in [5.41, 5.74) is 1.93. The van der Waals surface area contributed by atoms with Gasteiger partial charge in [-0.25, -0.2) is 4.98 Å². The number of thiophene rings is 1. The molecule has 0 radical (unpaired) electrons. The molecule has 0 aliphatic carbocycles. The largest absolute Gasteiger partial charge is 0.497 e. The summed E-state index contributed by atoms with van der Waals surface area (Å²) in [6.07, 6.45) is 2.25. The summed E-state index contributed by atoms with van der Waals surface area (Å²) in [6.45, 7) is 0. The molecule has 0 unspecified atom stereocenters. The highest BCUT2D eigenvalue weighted by molar-refractivity contribution is 7.98. The number of nitrogens with zero attached hydrogens (tertiary/aromatic N) is 3. The Hall–Kier alpha value is -2.58. The zero-order valence-corrected chi connectivity index (χ0v) is 15.5. The molecule has 4 rings (SSSR count). The minimum Gasteiger partial charge on any atom is -0.497 e. The van der Waals surface area contributed by atoms with Crippen LogP contribution in [0.15, 0.2) is 62.1 Å². The minimum absolute atomic E-state index is 0.522. The smallest absolute Gasteiger partial charge is 0.276 e. The number of hydrogen-bond donors (Lipinski definition) is 0. The molecule has 3 heterocycles. The Bertz CT molecular complexity index is 962. The van der Waals surface area contributed by atoms with Crippen molar-refractivity contribution in [3.05, 3.63) is 65.2 Å². The van der Waals surface area contributed by atoms with Crippen molar-refractivity contribution in [3.8, 4) is 16.5 Å². The Morgan fingerprint density at radius 3 is 2.81 bits per heavy atom. The standard InChI is InChI=1S/C18H15N3O3S2/c1-22-14-6-4-12(5-7-14)9-16-20-21-18(24-16)26-11-13-10-23-17(19-13)15-3-2-8-25-15/h2-8,10H,9,11H2,1H3. The van der Waals surface area contributed by atoms with Gasteiger partial charge in [-0.3, -0.25) is 0 Å². The van der Waals surface area contributed by atoms with E-state index in [1.54, 1.807) is 24.7 Å². The molecule has 0 fully saturated rings. The molecule has 0 spiro atoms. The van der Waals surface area contributed by atoms with Crippen molar-refractivity contribution in [3.63, 3.8) is 0 Å². The lowest BCUT2D eigenvalue weighted by Gasteiger charge is -2.00. The summed E-state index contributed by atoms with van der Waals surface area (Å²) in [7, 11) is 1.65. The van der Waals surface area contributed by atoms with E-state index in [0.29, 0.717) is 29.2 Å². The molecule has 132 valence electrons. The third-order valence-corrected chi connectivity index (χ3v) is 5.30. The molecule has 0 bridgehead atoms. The monoisotopic (exact) mass is 385 g/mol. The predicted molar refractivity (Wildman–Crippen MR) is 99.5 cm³/mol. The number of ether oxygens (including phenoxy) is 1. The lowest BCUT2D eigenvalue weighted by Crippen LogP contribution is -1.89. The molecule has 6 nitrogen and oxygen atoms in total. The summed E-state index contributed by atoms with van der Waals surface area (Å²) < 4.78 is 16.4. The van der Waals surface area contributed by atoms with Crippen molar-refractivity contribution in [2.75, 3.05) is 7.11 Å². The second-order valence-electron chi connectivity index (χ2n) is 5.40. The fourth-order valence-corrected chi connectivity index (χ4v) is 3.62. The van der Waals surface area contributed by atoms with Crippen molar-refractivity contribution in [2.45, 2.75) is 17.4 Å². The molecule has 4 aromatic rings. The molecule has 0 saturated heterocycles. The molecule has 0 N–H and O–H groups in total. The van der Waals surface area contributed by atoms with Crippen LogP contribution in [0.4, 0.5) is 0 Å². The van der Waals surface area contributed by atoms with Gasteiger partial charge in [-0.15, -0.1) is 21.5 Å². The summed E-state index contributed by atoms with van der Waals surface area (Å²) in [4.78, 5) is 5.49. The van der Waals surface area contributed by atoms with E-state index in [-0.39, 0.29) is 0 Å². The average molecular weight is 385 g/mol. The third-order valence-electron chi connectivity index (χ3n) is 3.59. The number of rotatable bonds is 7. The topological polar surface area (TPSA) is 74.2 Å². The van der Waals surface area contributed by atoms with Crippen LogP contribution < -0.4 is 4.74 Å². The van der Waals surface area contributed by atoms with Gasteiger partial charge in [0.25, 0.3) is 5.22 Å². The van der Waals surface area contributed by atoms with Crippen LogP contribution in [0.2, 0.25) is 0 Å². The van der Waals surface area contributed by atoms with Crippen LogP contribution in [0, 0.1) is 0 Å². The van der Waals surface area contributed by atoms with E-state index in [1.165, 1.54) is 11.8 Å². The fraction of sp³-hybridized carbons (Fsp3) is 0.167. The van der Waals surface area contributed by atoms with Gasteiger partial charge in [0.05, 0.1) is 24.1 Å². The Kier molecular flexibility index (Phi) is 5.03. The number of benzene rings is 1. The first kappa shape index (κ1) is 16.9. The minimum atomic E-state index is 0.522. The Labute approximate surface area is 158 Å². The first-order valence-corrected chi connectivity index (χ1v) is 9.73. The van der Waals surface area contributed by atoms with E-state index in [0.717, 1.165) is 21.9 Å². The molecule has 0 aliphatic heterocycles. The number of oxazole rings is 1. The van der Waals surface area contributed by atoms with Crippen LogP contribution in [0.25, 0.3) is 10.8 Å². The molecule has 1 aromatic carbocycles. The normalized spacial score (nSPS) is 11.0. The average Bonchev–Trinajstić information content (AvgIpc) is 3.42. The summed E-state index contributed by atoms with van der Waals surface area (Å²) in [5, 5.41) is 10.7. The Balaban J connectivity index is 1.34.